The molecule has 3 amide bonds. The van der Waals surface area contributed by atoms with Crippen molar-refractivity contribution in [3.05, 3.63) is 35.9 Å². The second kappa shape index (κ2) is 8.97. The molecule has 1 saturated heterocycles. The normalized spacial score (nSPS) is 14.7. The highest BCUT2D eigenvalue weighted by Crippen LogP contribution is 2.17. The number of rotatable bonds is 6. The number of carbonyl (C=O) groups is 2. The van der Waals surface area contributed by atoms with Crippen LogP contribution in [-0.2, 0) is 17.8 Å². The van der Waals surface area contributed by atoms with Gasteiger partial charge in [-0.2, -0.15) is 4.98 Å². The lowest BCUT2D eigenvalue weighted by Crippen LogP contribution is -2.47. The fourth-order valence-corrected chi connectivity index (χ4v) is 2.99. The molecular formula is C17H24N8O2. The van der Waals surface area contributed by atoms with Crippen LogP contribution in [0.15, 0.2) is 24.4 Å². The fraction of sp³-hybridized carbons (Fsp3) is 0.471. The van der Waals surface area contributed by atoms with Gasteiger partial charge < -0.3 is 21.3 Å². The number of nitrogens with two attached hydrogens (primary N) is 1. The van der Waals surface area contributed by atoms with Crippen LogP contribution in [0.2, 0.25) is 0 Å². The number of likely N-dealkylation sites (tertiary alicyclic amines) is 1. The molecular weight excluding hydrogens is 348 g/mol. The second-order valence-electron chi connectivity index (χ2n) is 6.42. The second-order valence-corrected chi connectivity index (χ2v) is 6.42. The van der Waals surface area contributed by atoms with Crippen molar-refractivity contribution < 1.29 is 9.59 Å². The van der Waals surface area contributed by atoms with Gasteiger partial charge in [0.15, 0.2) is 0 Å². The molecule has 0 radical (unpaired) electrons. The monoisotopic (exact) mass is 372 g/mol. The van der Waals surface area contributed by atoms with E-state index in [4.69, 9.17) is 5.73 Å². The number of piperidine rings is 1. The Labute approximate surface area is 156 Å². The predicted octanol–water partition coefficient (Wildman–Crippen LogP) is 0.0624. The first kappa shape index (κ1) is 18.6. The van der Waals surface area contributed by atoms with Gasteiger partial charge in [-0.25, -0.2) is 4.79 Å². The Bertz CT molecular complexity index is 755. The van der Waals surface area contributed by atoms with Gasteiger partial charge in [0.25, 0.3) is 0 Å². The van der Waals surface area contributed by atoms with E-state index in [0.717, 1.165) is 5.69 Å². The van der Waals surface area contributed by atoms with Gasteiger partial charge in [-0.15, -0.1) is 5.10 Å². The van der Waals surface area contributed by atoms with Gasteiger partial charge in [-0.05, 0) is 25.0 Å². The number of amides is 3. The highest BCUT2D eigenvalue weighted by atomic mass is 16.2. The van der Waals surface area contributed by atoms with Crippen molar-refractivity contribution in [2.45, 2.75) is 25.8 Å². The first-order valence-corrected chi connectivity index (χ1v) is 8.99. The molecule has 10 nitrogen and oxygen atoms in total. The Hall–Kier alpha value is -3.17. The summed E-state index contributed by atoms with van der Waals surface area (Å²) in [6.07, 6.45) is 3.54. The van der Waals surface area contributed by atoms with E-state index < -0.39 is 0 Å². The molecule has 2 aromatic rings. The van der Waals surface area contributed by atoms with E-state index in [0.29, 0.717) is 51.3 Å². The lowest BCUT2D eigenvalue weighted by atomic mass is 9.96. The van der Waals surface area contributed by atoms with E-state index >= 15 is 0 Å². The van der Waals surface area contributed by atoms with E-state index in [1.165, 1.54) is 0 Å². The molecule has 0 aromatic carbocycles. The van der Waals surface area contributed by atoms with Crippen LogP contribution in [0.1, 0.15) is 24.4 Å². The van der Waals surface area contributed by atoms with Crippen LogP contribution in [0, 0.1) is 5.92 Å². The van der Waals surface area contributed by atoms with Gasteiger partial charge in [0.1, 0.15) is 5.82 Å². The number of hydrogen-bond acceptors (Lipinski definition) is 6. The van der Waals surface area contributed by atoms with Crippen molar-refractivity contribution in [2.24, 2.45) is 5.92 Å². The number of H-pyrrole nitrogens is 1. The minimum absolute atomic E-state index is 0.0172. The van der Waals surface area contributed by atoms with Gasteiger partial charge >= 0.3 is 6.03 Å². The molecule has 10 heteroatoms. The van der Waals surface area contributed by atoms with Crippen LogP contribution in [0.3, 0.4) is 0 Å². The van der Waals surface area contributed by atoms with Gasteiger partial charge in [-0.1, -0.05) is 6.07 Å². The van der Waals surface area contributed by atoms with Crippen molar-refractivity contribution in [1.29, 1.82) is 0 Å². The van der Waals surface area contributed by atoms with Crippen LogP contribution in [0.25, 0.3) is 0 Å². The quantitative estimate of drug-likeness (QED) is 0.565. The summed E-state index contributed by atoms with van der Waals surface area (Å²) in [5.74, 6) is 0.773. The third kappa shape index (κ3) is 5.40. The van der Waals surface area contributed by atoms with Gasteiger partial charge in [-0.3, -0.25) is 14.9 Å². The van der Waals surface area contributed by atoms with Crippen molar-refractivity contribution in [3.63, 3.8) is 0 Å². The first-order valence-electron chi connectivity index (χ1n) is 8.99. The molecule has 0 bridgehead atoms. The zero-order valence-electron chi connectivity index (χ0n) is 15.0. The summed E-state index contributed by atoms with van der Waals surface area (Å²) < 4.78 is 0. The number of nitrogen functional groups attached to an aromatic ring is 1. The summed E-state index contributed by atoms with van der Waals surface area (Å²) in [6.45, 7) is 1.98. The number of aromatic amines is 1. The number of urea groups is 1. The Morgan fingerprint density at radius 3 is 2.74 bits per heavy atom. The molecule has 0 aliphatic carbocycles. The molecule has 0 unspecified atom stereocenters. The fourth-order valence-electron chi connectivity index (χ4n) is 2.99. The Balaban J connectivity index is 1.35. The highest BCUT2D eigenvalue weighted by Gasteiger charge is 2.27. The zero-order valence-corrected chi connectivity index (χ0v) is 15.0. The molecule has 1 fully saturated rings. The molecule has 0 atom stereocenters. The molecule has 2 aromatic heterocycles. The number of hydrogen-bond donors (Lipinski definition) is 4. The maximum atomic E-state index is 12.3. The van der Waals surface area contributed by atoms with Gasteiger partial charge in [0, 0.05) is 38.2 Å². The van der Waals surface area contributed by atoms with Gasteiger partial charge in [0.05, 0.1) is 12.2 Å². The number of carbonyl (C=O) groups excluding carboxylic acids is 2. The summed E-state index contributed by atoms with van der Waals surface area (Å²) in [6, 6.07) is 5.48. The topological polar surface area (TPSA) is 142 Å². The molecule has 5 N–H and O–H groups in total. The minimum atomic E-state index is -0.130. The van der Waals surface area contributed by atoms with Crippen LogP contribution < -0.4 is 16.4 Å². The van der Waals surface area contributed by atoms with Crippen molar-refractivity contribution >= 4 is 17.9 Å². The molecule has 0 spiro atoms. The Morgan fingerprint density at radius 2 is 2.07 bits per heavy atom. The van der Waals surface area contributed by atoms with Crippen LogP contribution in [-0.4, -0.2) is 56.6 Å². The van der Waals surface area contributed by atoms with Crippen LogP contribution >= 0.6 is 0 Å². The van der Waals surface area contributed by atoms with E-state index in [9.17, 15) is 9.59 Å². The number of aromatic nitrogens is 4. The van der Waals surface area contributed by atoms with Crippen molar-refractivity contribution in [2.75, 3.05) is 25.4 Å². The third-order valence-electron chi connectivity index (χ3n) is 4.51. The van der Waals surface area contributed by atoms with E-state index in [1.54, 1.807) is 11.1 Å². The van der Waals surface area contributed by atoms with E-state index in [2.05, 4.69) is 30.8 Å². The largest absolute Gasteiger partial charge is 0.367 e. The summed E-state index contributed by atoms with van der Waals surface area (Å²) >= 11 is 0. The number of pyridine rings is 1. The minimum Gasteiger partial charge on any atom is -0.367 e. The number of nitrogens with zero attached hydrogens (tertiary/aromatic N) is 4. The summed E-state index contributed by atoms with van der Waals surface area (Å²) in [7, 11) is 0. The molecule has 0 saturated carbocycles. The van der Waals surface area contributed by atoms with Gasteiger partial charge in [0.2, 0.25) is 11.9 Å². The smallest absolute Gasteiger partial charge is 0.317 e. The van der Waals surface area contributed by atoms with Crippen molar-refractivity contribution in [3.8, 4) is 0 Å². The molecule has 1 aliphatic rings. The Morgan fingerprint density at radius 1 is 1.26 bits per heavy atom. The molecule has 144 valence electrons. The molecule has 3 heterocycles. The lowest BCUT2D eigenvalue weighted by Gasteiger charge is -2.31. The molecule has 27 heavy (non-hydrogen) atoms. The lowest BCUT2D eigenvalue weighted by molar-refractivity contribution is -0.126. The molecule has 3 rings (SSSR count). The number of anilines is 1. The first-order chi connectivity index (χ1) is 13.1. The summed E-state index contributed by atoms with van der Waals surface area (Å²) in [5.41, 5.74) is 6.26. The highest BCUT2D eigenvalue weighted by molar-refractivity contribution is 5.79. The number of nitrogens with one attached hydrogen (secondary N) is 3. The van der Waals surface area contributed by atoms with Crippen LogP contribution in [0.4, 0.5) is 10.7 Å². The third-order valence-corrected chi connectivity index (χ3v) is 4.51. The maximum Gasteiger partial charge on any atom is 0.317 e. The standard InChI is InChI=1S/C17H24N8O2/c18-16-22-14(23-24-16)4-8-20-17(27)25-9-5-12(6-10-25)15(26)21-11-13-3-1-2-7-19-13/h1-3,7,12H,4-6,8-11H2,(H,20,27)(H,21,26)(H3,18,22,23,24). The average molecular weight is 372 g/mol. The predicted molar refractivity (Wildman–Crippen MR) is 98.3 cm³/mol. The SMILES string of the molecule is Nc1n[nH]c(CCNC(=O)N2CCC(C(=O)NCc3ccccn3)CC2)n1. The average Bonchev–Trinajstić information content (AvgIpc) is 3.12. The van der Waals surface area contributed by atoms with Crippen LogP contribution in [0.5, 0.6) is 0 Å². The summed E-state index contributed by atoms with van der Waals surface area (Å²) in [5, 5.41) is 12.2. The summed E-state index contributed by atoms with van der Waals surface area (Å²) in [4.78, 5) is 34.4. The zero-order chi connectivity index (χ0) is 19.1. The van der Waals surface area contributed by atoms with Crippen molar-refractivity contribution in [1.82, 2.24) is 35.7 Å². The van der Waals surface area contributed by atoms with E-state index in [1.807, 2.05) is 18.2 Å². The van der Waals surface area contributed by atoms with E-state index in [-0.39, 0.29) is 23.8 Å². The Kier molecular flexibility index (Phi) is 6.18. The molecule has 1 aliphatic heterocycles. The maximum absolute atomic E-state index is 12.3.